The first-order chi connectivity index (χ1) is 9.20. The molecular weight excluding hydrogens is 282 g/mol. The van der Waals surface area contributed by atoms with E-state index >= 15 is 0 Å². The summed E-state index contributed by atoms with van der Waals surface area (Å²) >= 11 is 7.40. The molecule has 100 valence electrons. The van der Waals surface area contributed by atoms with E-state index in [9.17, 15) is 0 Å². The van der Waals surface area contributed by atoms with Crippen LogP contribution in [0.4, 0.5) is 5.13 Å². The molecule has 1 aliphatic heterocycles. The van der Waals surface area contributed by atoms with Gasteiger partial charge in [0.05, 0.1) is 5.69 Å². The molecule has 3 rings (SSSR count). The number of halogens is 1. The molecule has 0 atom stereocenters. The van der Waals surface area contributed by atoms with Gasteiger partial charge in [-0.05, 0) is 24.3 Å². The van der Waals surface area contributed by atoms with E-state index in [0.717, 1.165) is 36.1 Å². The molecule has 0 radical (unpaired) electrons. The second kappa shape index (κ2) is 5.36. The van der Waals surface area contributed by atoms with Crippen LogP contribution in [0, 0.1) is 0 Å². The smallest absolute Gasteiger partial charge is 0.180 e. The number of nitrogen functional groups attached to an aromatic ring is 1. The highest BCUT2D eigenvalue weighted by molar-refractivity contribution is 7.15. The number of fused-ring (bicyclic) bond motifs is 1. The molecule has 2 aromatic rings. The SMILES string of the molecule is Nc1nc2c(s1)CN(CCOc1ccc(Cl)cc1)C2. The summed E-state index contributed by atoms with van der Waals surface area (Å²) in [6, 6.07) is 7.42. The van der Waals surface area contributed by atoms with Crippen molar-refractivity contribution in [1.29, 1.82) is 0 Å². The lowest BCUT2D eigenvalue weighted by molar-refractivity contribution is 0.211. The van der Waals surface area contributed by atoms with Crippen LogP contribution in [0.2, 0.25) is 5.02 Å². The van der Waals surface area contributed by atoms with Gasteiger partial charge in [-0.1, -0.05) is 11.6 Å². The molecule has 4 nitrogen and oxygen atoms in total. The van der Waals surface area contributed by atoms with Crippen LogP contribution in [0.25, 0.3) is 0 Å². The summed E-state index contributed by atoms with van der Waals surface area (Å²) in [6.45, 7) is 3.33. The Morgan fingerprint density at radius 2 is 2.11 bits per heavy atom. The number of benzene rings is 1. The van der Waals surface area contributed by atoms with Crippen LogP contribution >= 0.6 is 22.9 Å². The van der Waals surface area contributed by atoms with Gasteiger partial charge in [-0.3, -0.25) is 4.90 Å². The molecule has 0 unspecified atom stereocenters. The van der Waals surface area contributed by atoms with Gasteiger partial charge in [-0.2, -0.15) is 0 Å². The number of hydrogen-bond donors (Lipinski definition) is 1. The zero-order chi connectivity index (χ0) is 13.2. The molecule has 1 aromatic heterocycles. The van der Waals surface area contributed by atoms with Crippen LogP contribution < -0.4 is 10.5 Å². The second-order valence-electron chi connectivity index (χ2n) is 4.44. The van der Waals surface area contributed by atoms with Crippen LogP contribution in [0.3, 0.4) is 0 Å². The number of nitrogens with zero attached hydrogens (tertiary/aromatic N) is 2. The van der Waals surface area contributed by atoms with Crippen LogP contribution in [0.15, 0.2) is 24.3 Å². The summed E-state index contributed by atoms with van der Waals surface area (Å²) in [7, 11) is 0. The van der Waals surface area contributed by atoms with Gasteiger partial charge in [0.2, 0.25) is 0 Å². The van der Waals surface area contributed by atoms with Crippen molar-refractivity contribution in [3.05, 3.63) is 39.9 Å². The zero-order valence-corrected chi connectivity index (χ0v) is 11.9. The zero-order valence-electron chi connectivity index (χ0n) is 10.3. The van der Waals surface area contributed by atoms with E-state index in [-0.39, 0.29) is 0 Å². The van der Waals surface area contributed by atoms with Gasteiger partial charge in [0.1, 0.15) is 12.4 Å². The Hall–Kier alpha value is -1.30. The van der Waals surface area contributed by atoms with Gasteiger partial charge in [-0.25, -0.2) is 4.98 Å². The molecule has 0 saturated carbocycles. The number of ether oxygens (including phenoxy) is 1. The molecule has 19 heavy (non-hydrogen) atoms. The number of aromatic nitrogens is 1. The van der Waals surface area contributed by atoms with Crippen molar-refractivity contribution in [3.8, 4) is 5.75 Å². The summed E-state index contributed by atoms with van der Waals surface area (Å²) in [5, 5.41) is 1.39. The summed E-state index contributed by atoms with van der Waals surface area (Å²) < 4.78 is 5.68. The minimum atomic E-state index is 0.659. The third-order valence-electron chi connectivity index (χ3n) is 3.03. The fourth-order valence-electron chi connectivity index (χ4n) is 2.10. The highest BCUT2D eigenvalue weighted by atomic mass is 35.5. The third kappa shape index (κ3) is 3.00. The minimum absolute atomic E-state index is 0.659. The molecule has 1 aromatic carbocycles. The van der Waals surface area contributed by atoms with Crippen LogP contribution in [-0.4, -0.2) is 23.0 Å². The quantitative estimate of drug-likeness (QED) is 0.942. The number of thiazole rings is 1. The first-order valence-corrected chi connectivity index (χ1v) is 7.25. The van der Waals surface area contributed by atoms with Crippen LogP contribution in [-0.2, 0) is 13.1 Å². The van der Waals surface area contributed by atoms with E-state index in [1.54, 1.807) is 11.3 Å². The Bertz CT molecular complexity index is 546. The Kier molecular flexibility index (Phi) is 3.59. The molecule has 0 bridgehead atoms. The van der Waals surface area contributed by atoms with Gasteiger partial charge in [0.25, 0.3) is 0 Å². The molecular formula is C13H14ClN3OS. The van der Waals surface area contributed by atoms with Gasteiger partial charge in [0.15, 0.2) is 5.13 Å². The fraction of sp³-hybridized carbons (Fsp3) is 0.308. The highest BCUT2D eigenvalue weighted by Crippen LogP contribution is 2.29. The molecule has 0 aliphatic carbocycles. The molecule has 0 fully saturated rings. The minimum Gasteiger partial charge on any atom is -0.492 e. The standard InChI is InChI=1S/C13H14ClN3OS/c14-9-1-3-10(4-2-9)18-6-5-17-7-11-12(8-17)19-13(15)16-11/h1-4H,5-8H2,(H2,15,16). The molecule has 2 heterocycles. The van der Waals surface area contributed by atoms with E-state index in [1.165, 1.54) is 4.88 Å². The Balaban J connectivity index is 1.47. The second-order valence-corrected chi connectivity index (χ2v) is 5.99. The van der Waals surface area contributed by atoms with E-state index in [1.807, 2.05) is 24.3 Å². The first-order valence-electron chi connectivity index (χ1n) is 6.05. The normalized spacial score (nSPS) is 14.6. The highest BCUT2D eigenvalue weighted by Gasteiger charge is 2.22. The third-order valence-corrected chi connectivity index (χ3v) is 4.19. The van der Waals surface area contributed by atoms with E-state index in [4.69, 9.17) is 22.1 Å². The van der Waals surface area contributed by atoms with Gasteiger partial charge in [0, 0.05) is 29.5 Å². The van der Waals surface area contributed by atoms with Crippen LogP contribution in [0.1, 0.15) is 10.6 Å². The molecule has 0 spiro atoms. The summed E-state index contributed by atoms with van der Waals surface area (Å²) in [5.74, 6) is 0.848. The van der Waals surface area contributed by atoms with Crippen molar-refractivity contribution in [2.75, 3.05) is 18.9 Å². The topological polar surface area (TPSA) is 51.4 Å². The molecule has 1 aliphatic rings. The van der Waals surface area contributed by atoms with Crippen LogP contribution in [0.5, 0.6) is 5.75 Å². The average molecular weight is 296 g/mol. The van der Waals surface area contributed by atoms with Gasteiger partial charge in [-0.15, -0.1) is 11.3 Å². The molecule has 2 N–H and O–H groups in total. The molecule has 0 saturated heterocycles. The lowest BCUT2D eigenvalue weighted by Gasteiger charge is -2.15. The maximum atomic E-state index is 5.82. The van der Waals surface area contributed by atoms with Crippen molar-refractivity contribution >= 4 is 28.1 Å². The van der Waals surface area contributed by atoms with E-state index < -0.39 is 0 Å². The summed E-state index contributed by atoms with van der Waals surface area (Å²) in [4.78, 5) is 7.91. The van der Waals surface area contributed by atoms with Gasteiger partial charge < -0.3 is 10.5 Å². The number of hydrogen-bond acceptors (Lipinski definition) is 5. The Morgan fingerprint density at radius 3 is 2.84 bits per heavy atom. The first kappa shape index (κ1) is 12.7. The molecule has 6 heteroatoms. The Morgan fingerprint density at radius 1 is 1.32 bits per heavy atom. The van der Waals surface area contributed by atoms with Crippen molar-refractivity contribution < 1.29 is 4.74 Å². The van der Waals surface area contributed by atoms with Crippen molar-refractivity contribution in [3.63, 3.8) is 0 Å². The number of rotatable bonds is 4. The lowest BCUT2D eigenvalue weighted by Crippen LogP contribution is -2.23. The Labute approximate surface area is 120 Å². The number of anilines is 1. The largest absolute Gasteiger partial charge is 0.492 e. The fourth-order valence-corrected chi connectivity index (χ4v) is 3.11. The van der Waals surface area contributed by atoms with Gasteiger partial charge >= 0.3 is 0 Å². The van der Waals surface area contributed by atoms with E-state index in [0.29, 0.717) is 11.7 Å². The average Bonchev–Trinajstić information content (AvgIpc) is 2.88. The van der Waals surface area contributed by atoms with Crippen molar-refractivity contribution in [2.45, 2.75) is 13.1 Å². The predicted molar refractivity (Wildman–Crippen MR) is 77.6 cm³/mol. The van der Waals surface area contributed by atoms with Crippen molar-refractivity contribution in [1.82, 2.24) is 9.88 Å². The van der Waals surface area contributed by atoms with Crippen molar-refractivity contribution in [2.24, 2.45) is 0 Å². The number of nitrogens with two attached hydrogens (primary N) is 1. The van der Waals surface area contributed by atoms with E-state index in [2.05, 4.69) is 9.88 Å². The monoisotopic (exact) mass is 295 g/mol. The predicted octanol–water partition coefficient (Wildman–Crippen LogP) is 2.77. The maximum Gasteiger partial charge on any atom is 0.180 e. The lowest BCUT2D eigenvalue weighted by atomic mass is 10.3. The maximum absolute atomic E-state index is 5.82. The summed E-state index contributed by atoms with van der Waals surface area (Å²) in [6.07, 6.45) is 0. The molecule has 0 amide bonds. The summed E-state index contributed by atoms with van der Waals surface area (Å²) in [5.41, 5.74) is 6.80.